The summed E-state index contributed by atoms with van der Waals surface area (Å²) in [7, 11) is 0. The van der Waals surface area contributed by atoms with Crippen LogP contribution in [0.1, 0.15) is 51.9 Å². The summed E-state index contributed by atoms with van der Waals surface area (Å²) in [6.07, 6.45) is 9.50. The largest absolute Gasteiger partial charge is 0.381 e. The first-order valence-corrected chi connectivity index (χ1v) is 8.43. The smallest absolute Gasteiger partial charge is 0.0506 e. The Balaban J connectivity index is 1.56. The highest BCUT2D eigenvalue weighted by Crippen LogP contribution is 2.30. The van der Waals surface area contributed by atoms with Crippen LogP contribution in [-0.4, -0.2) is 49.3 Å². The van der Waals surface area contributed by atoms with Crippen LogP contribution in [-0.2, 0) is 4.74 Å². The summed E-state index contributed by atoms with van der Waals surface area (Å²) in [6, 6.07) is 2.46. The van der Waals surface area contributed by atoms with Crippen molar-refractivity contribution in [2.24, 2.45) is 5.92 Å². The van der Waals surface area contributed by atoms with Crippen molar-refractivity contribution in [2.45, 2.75) is 70.0 Å². The zero-order chi connectivity index (χ0) is 13.1. The second-order valence-electron chi connectivity index (χ2n) is 6.84. The van der Waals surface area contributed by atoms with E-state index >= 15 is 0 Å². The molecule has 1 N–H and O–H groups in total. The highest BCUT2D eigenvalue weighted by molar-refractivity contribution is 4.96. The van der Waals surface area contributed by atoms with Crippen molar-refractivity contribution in [3.05, 3.63) is 0 Å². The summed E-state index contributed by atoms with van der Waals surface area (Å²) >= 11 is 0. The van der Waals surface area contributed by atoms with Gasteiger partial charge in [0.2, 0.25) is 0 Å². The van der Waals surface area contributed by atoms with Gasteiger partial charge in [-0.05, 0) is 57.4 Å². The minimum Gasteiger partial charge on any atom is -0.381 e. The maximum absolute atomic E-state index is 5.66. The quantitative estimate of drug-likeness (QED) is 0.827. The summed E-state index contributed by atoms with van der Waals surface area (Å²) in [5.41, 5.74) is 0. The van der Waals surface area contributed by atoms with Crippen molar-refractivity contribution in [1.82, 2.24) is 10.2 Å². The number of rotatable bonds is 5. The van der Waals surface area contributed by atoms with Gasteiger partial charge in [-0.1, -0.05) is 6.92 Å². The van der Waals surface area contributed by atoms with Crippen molar-refractivity contribution < 1.29 is 4.74 Å². The summed E-state index contributed by atoms with van der Waals surface area (Å²) in [6.45, 7) is 6.86. The molecule has 0 radical (unpaired) electrons. The number of hydrogen-bond acceptors (Lipinski definition) is 3. The maximum atomic E-state index is 5.66. The molecule has 3 rings (SSSR count). The van der Waals surface area contributed by atoms with Crippen LogP contribution in [0.2, 0.25) is 0 Å². The fraction of sp³-hybridized carbons (Fsp3) is 1.00. The van der Waals surface area contributed by atoms with Crippen LogP contribution in [0.5, 0.6) is 0 Å². The average molecular weight is 266 g/mol. The predicted molar refractivity (Wildman–Crippen MR) is 78.4 cm³/mol. The SMILES string of the molecule is CCCN(CC1CCCOC1)C1CC2CCC(C1)N2. The van der Waals surface area contributed by atoms with E-state index in [2.05, 4.69) is 17.1 Å². The Kier molecular flexibility index (Phi) is 4.78. The molecule has 2 bridgehead atoms. The maximum Gasteiger partial charge on any atom is 0.0506 e. The van der Waals surface area contributed by atoms with Gasteiger partial charge in [0.15, 0.2) is 0 Å². The van der Waals surface area contributed by atoms with E-state index < -0.39 is 0 Å². The normalized spacial score (nSPS) is 38.8. The lowest BCUT2D eigenvalue weighted by atomic mass is 9.95. The second kappa shape index (κ2) is 6.55. The standard InChI is InChI=1S/C16H30N2O/c1-2-7-18(11-13-4-3-8-19-12-13)16-9-14-5-6-15(10-16)17-14/h13-17H,2-12H2,1H3. The average Bonchev–Trinajstić information content (AvgIpc) is 2.78. The van der Waals surface area contributed by atoms with Crippen LogP contribution >= 0.6 is 0 Å². The van der Waals surface area contributed by atoms with Gasteiger partial charge in [-0.2, -0.15) is 0 Å². The Morgan fingerprint density at radius 1 is 1.16 bits per heavy atom. The summed E-state index contributed by atoms with van der Waals surface area (Å²) in [5.74, 6) is 0.785. The molecule has 110 valence electrons. The molecule has 0 saturated carbocycles. The van der Waals surface area contributed by atoms with E-state index in [1.165, 1.54) is 58.0 Å². The van der Waals surface area contributed by atoms with Crippen molar-refractivity contribution in [3.8, 4) is 0 Å². The van der Waals surface area contributed by atoms with E-state index in [4.69, 9.17) is 4.74 Å². The lowest BCUT2D eigenvalue weighted by molar-refractivity contribution is 0.0252. The fourth-order valence-corrected chi connectivity index (χ4v) is 4.32. The van der Waals surface area contributed by atoms with E-state index in [1.54, 1.807) is 0 Å². The van der Waals surface area contributed by atoms with Gasteiger partial charge in [-0.25, -0.2) is 0 Å². The van der Waals surface area contributed by atoms with Gasteiger partial charge in [-0.3, -0.25) is 4.90 Å². The molecule has 3 aliphatic rings. The monoisotopic (exact) mass is 266 g/mol. The van der Waals surface area contributed by atoms with Crippen LogP contribution in [0.25, 0.3) is 0 Å². The second-order valence-corrected chi connectivity index (χ2v) is 6.84. The molecule has 3 aliphatic heterocycles. The molecule has 3 atom stereocenters. The van der Waals surface area contributed by atoms with E-state index in [0.717, 1.165) is 37.3 Å². The van der Waals surface area contributed by atoms with Crippen LogP contribution in [0, 0.1) is 5.92 Å². The Bertz CT molecular complexity index is 266. The molecule has 0 aromatic carbocycles. The van der Waals surface area contributed by atoms with Crippen molar-refractivity contribution in [2.75, 3.05) is 26.3 Å². The van der Waals surface area contributed by atoms with Gasteiger partial charge in [0.1, 0.15) is 0 Å². The van der Waals surface area contributed by atoms with E-state index in [1.807, 2.05) is 0 Å². The van der Waals surface area contributed by atoms with E-state index in [-0.39, 0.29) is 0 Å². The minimum atomic E-state index is 0.785. The van der Waals surface area contributed by atoms with Crippen molar-refractivity contribution in [3.63, 3.8) is 0 Å². The molecular formula is C16H30N2O. The Hall–Kier alpha value is -0.120. The zero-order valence-corrected chi connectivity index (χ0v) is 12.4. The lowest BCUT2D eigenvalue weighted by Gasteiger charge is -2.40. The number of fused-ring (bicyclic) bond motifs is 2. The number of hydrogen-bond donors (Lipinski definition) is 1. The molecule has 0 amide bonds. The van der Waals surface area contributed by atoms with Crippen LogP contribution < -0.4 is 5.32 Å². The first-order chi connectivity index (χ1) is 9.35. The minimum absolute atomic E-state index is 0.785. The number of ether oxygens (including phenoxy) is 1. The van der Waals surface area contributed by atoms with Gasteiger partial charge < -0.3 is 10.1 Å². The molecule has 3 fully saturated rings. The van der Waals surface area contributed by atoms with Crippen LogP contribution in [0.3, 0.4) is 0 Å². The molecule has 3 unspecified atom stereocenters. The number of piperidine rings is 1. The topological polar surface area (TPSA) is 24.5 Å². The third-order valence-electron chi connectivity index (χ3n) is 5.22. The molecule has 0 spiro atoms. The molecule has 3 heteroatoms. The van der Waals surface area contributed by atoms with E-state index in [9.17, 15) is 0 Å². The lowest BCUT2D eigenvalue weighted by Crippen LogP contribution is -2.50. The first-order valence-electron chi connectivity index (χ1n) is 8.43. The van der Waals surface area contributed by atoms with Gasteiger partial charge >= 0.3 is 0 Å². The molecule has 3 nitrogen and oxygen atoms in total. The first kappa shape index (κ1) is 13.8. The highest BCUT2D eigenvalue weighted by Gasteiger charge is 2.36. The number of nitrogens with one attached hydrogen (secondary N) is 1. The molecule has 3 heterocycles. The zero-order valence-electron chi connectivity index (χ0n) is 12.4. The molecule has 19 heavy (non-hydrogen) atoms. The van der Waals surface area contributed by atoms with Crippen LogP contribution in [0.15, 0.2) is 0 Å². The number of nitrogens with zero attached hydrogens (tertiary/aromatic N) is 1. The summed E-state index contributed by atoms with van der Waals surface area (Å²) in [4.78, 5) is 2.80. The molecule has 0 aromatic rings. The summed E-state index contributed by atoms with van der Waals surface area (Å²) in [5, 5.41) is 3.77. The van der Waals surface area contributed by atoms with Gasteiger partial charge in [0, 0.05) is 31.3 Å². The Morgan fingerprint density at radius 3 is 2.58 bits per heavy atom. The molecular weight excluding hydrogens is 236 g/mol. The third-order valence-corrected chi connectivity index (χ3v) is 5.22. The van der Waals surface area contributed by atoms with Gasteiger partial charge in [0.05, 0.1) is 6.61 Å². The van der Waals surface area contributed by atoms with Gasteiger partial charge in [-0.15, -0.1) is 0 Å². The molecule has 3 saturated heterocycles. The van der Waals surface area contributed by atoms with Crippen LogP contribution in [0.4, 0.5) is 0 Å². The van der Waals surface area contributed by atoms with Crippen molar-refractivity contribution >= 4 is 0 Å². The summed E-state index contributed by atoms with van der Waals surface area (Å²) < 4.78 is 5.66. The van der Waals surface area contributed by atoms with Crippen molar-refractivity contribution in [1.29, 1.82) is 0 Å². The van der Waals surface area contributed by atoms with E-state index in [0.29, 0.717) is 0 Å². The Labute approximate surface area is 118 Å². The predicted octanol–water partition coefficient (Wildman–Crippen LogP) is 2.41. The highest BCUT2D eigenvalue weighted by atomic mass is 16.5. The molecule has 0 aromatic heterocycles. The Morgan fingerprint density at radius 2 is 1.95 bits per heavy atom. The molecule has 0 aliphatic carbocycles. The van der Waals surface area contributed by atoms with Gasteiger partial charge in [0.25, 0.3) is 0 Å². The fourth-order valence-electron chi connectivity index (χ4n) is 4.32. The third kappa shape index (κ3) is 3.50.